The van der Waals surface area contributed by atoms with Gasteiger partial charge in [0.25, 0.3) is 11.8 Å². The summed E-state index contributed by atoms with van der Waals surface area (Å²) in [5, 5.41) is 1.73. The van der Waals surface area contributed by atoms with Gasteiger partial charge in [-0.1, -0.05) is 36.7 Å². The smallest absolute Gasteiger partial charge is 0.282 e. The van der Waals surface area contributed by atoms with Crippen LogP contribution >= 0.6 is 11.6 Å². The van der Waals surface area contributed by atoms with Crippen LogP contribution in [0.2, 0.25) is 5.02 Å². The van der Waals surface area contributed by atoms with Gasteiger partial charge in [-0.15, -0.1) is 0 Å². The highest BCUT2D eigenvalue weighted by molar-refractivity contribution is 6.32. The summed E-state index contributed by atoms with van der Waals surface area (Å²) >= 11 is 6.09. The van der Waals surface area contributed by atoms with Gasteiger partial charge in [-0.3, -0.25) is 15.0 Å². The van der Waals surface area contributed by atoms with Gasteiger partial charge in [0.05, 0.1) is 11.8 Å². The van der Waals surface area contributed by atoms with Crippen LogP contribution in [-0.2, 0) is 9.59 Å². The molecule has 0 aromatic heterocycles. The molecule has 134 valence electrons. The summed E-state index contributed by atoms with van der Waals surface area (Å²) in [6.07, 6.45) is 2.35. The third-order valence-corrected chi connectivity index (χ3v) is 4.32. The SMILES string of the molecule is CCC(C)Oc1ccc(Cl)cc1C=C1C(=O)NN(c2ccccc2)C1=O. The Morgan fingerprint density at radius 1 is 1.19 bits per heavy atom. The average Bonchev–Trinajstić information content (AvgIpc) is 2.92. The van der Waals surface area contributed by atoms with Crippen LogP contribution < -0.4 is 15.2 Å². The summed E-state index contributed by atoms with van der Waals surface area (Å²) in [6.45, 7) is 3.97. The van der Waals surface area contributed by atoms with E-state index in [9.17, 15) is 9.59 Å². The van der Waals surface area contributed by atoms with Gasteiger partial charge in [-0.2, -0.15) is 0 Å². The molecule has 3 rings (SSSR count). The normalized spacial score (nSPS) is 16.7. The second kappa shape index (κ2) is 7.62. The predicted octanol–water partition coefficient (Wildman–Crippen LogP) is 3.98. The number of benzene rings is 2. The number of para-hydroxylation sites is 1. The summed E-state index contributed by atoms with van der Waals surface area (Å²) in [7, 11) is 0. The summed E-state index contributed by atoms with van der Waals surface area (Å²) in [6, 6.07) is 14.1. The zero-order valence-electron chi connectivity index (χ0n) is 14.5. The van der Waals surface area contributed by atoms with Crippen LogP contribution in [0.1, 0.15) is 25.8 Å². The van der Waals surface area contributed by atoms with E-state index in [1.165, 1.54) is 11.1 Å². The molecule has 0 bridgehead atoms. The minimum Gasteiger partial charge on any atom is -0.490 e. The lowest BCUT2D eigenvalue weighted by molar-refractivity contribution is -0.117. The van der Waals surface area contributed by atoms with E-state index in [0.29, 0.717) is 22.0 Å². The van der Waals surface area contributed by atoms with E-state index in [-0.39, 0.29) is 11.7 Å². The second-order valence-corrected chi connectivity index (χ2v) is 6.43. The van der Waals surface area contributed by atoms with E-state index in [2.05, 4.69) is 5.43 Å². The molecule has 1 atom stereocenters. The summed E-state index contributed by atoms with van der Waals surface area (Å²) in [5.41, 5.74) is 3.79. The van der Waals surface area contributed by atoms with E-state index < -0.39 is 11.8 Å². The molecule has 1 unspecified atom stereocenters. The highest BCUT2D eigenvalue weighted by Gasteiger charge is 2.34. The van der Waals surface area contributed by atoms with Crippen molar-refractivity contribution in [2.24, 2.45) is 0 Å². The molecule has 2 aromatic rings. The van der Waals surface area contributed by atoms with Crippen LogP contribution in [0.5, 0.6) is 5.75 Å². The fourth-order valence-corrected chi connectivity index (χ4v) is 2.69. The Kier molecular flexibility index (Phi) is 5.28. The maximum atomic E-state index is 12.7. The number of carbonyl (C=O) groups excluding carboxylic acids is 2. The molecule has 0 radical (unpaired) electrons. The summed E-state index contributed by atoms with van der Waals surface area (Å²) in [4.78, 5) is 25.0. The Morgan fingerprint density at radius 3 is 2.62 bits per heavy atom. The fraction of sp³-hybridized carbons (Fsp3) is 0.200. The lowest BCUT2D eigenvalue weighted by Gasteiger charge is -2.15. The first-order valence-corrected chi connectivity index (χ1v) is 8.75. The van der Waals surface area contributed by atoms with Gasteiger partial charge in [0.2, 0.25) is 0 Å². The first kappa shape index (κ1) is 18.0. The molecular weight excluding hydrogens is 352 g/mol. The molecule has 2 amide bonds. The van der Waals surface area contributed by atoms with Crippen molar-refractivity contribution in [2.45, 2.75) is 26.4 Å². The van der Waals surface area contributed by atoms with Crippen molar-refractivity contribution >= 4 is 35.2 Å². The molecule has 6 heteroatoms. The number of nitrogens with zero attached hydrogens (tertiary/aromatic N) is 1. The van der Waals surface area contributed by atoms with Gasteiger partial charge in [0, 0.05) is 10.6 Å². The fourth-order valence-electron chi connectivity index (χ4n) is 2.51. The van der Waals surface area contributed by atoms with Gasteiger partial charge in [-0.05, 0) is 49.8 Å². The third-order valence-electron chi connectivity index (χ3n) is 4.08. The molecule has 0 aliphatic carbocycles. The van der Waals surface area contributed by atoms with Crippen LogP contribution in [-0.4, -0.2) is 17.9 Å². The van der Waals surface area contributed by atoms with Crippen LogP contribution in [0.4, 0.5) is 5.69 Å². The lowest BCUT2D eigenvalue weighted by atomic mass is 10.1. The summed E-state index contributed by atoms with van der Waals surface area (Å²) < 4.78 is 5.88. The Balaban J connectivity index is 1.96. The van der Waals surface area contributed by atoms with Crippen LogP contribution in [0.25, 0.3) is 6.08 Å². The molecule has 1 fully saturated rings. The van der Waals surface area contributed by atoms with Crippen molar-refractivity contribution in [1.82, 2.24) is 5.43 Å². The molecule has 5 nitrogen and oxygen atoms in total. The Hall–Kier alpha value is -2.79. The lowest BCUT2D eigenvalue weighted by Crippen LogP contribution is -2.35. The van der Waals surface area contributed by atoms with Gasteiger partial charge in [0.1, 0.15) is 11.3 Å². The summed E-state index contributed by atoms with van der Waals surface area (Å²) in [5.74, 6) is -0.306. The van der Waals surface area contributed by atoms with Crippen molar-refractivity contribution in [1.29, 1.82) is 0 Å². The van der Waals surface area contributed by atoms with Gasteiger partial charge >= 0.3 is 0 Å². The maximum absolute atomic E-state index is 12.7. The number of hydrazine groups is 1. The van der Waals surface area contributed by atoms with Crippen LogP contribution in [0.3, 0.4) is 0 Å². The molecule has 1 aliphatic heterocycles. The van der Waals surface area contributed by atoms with Gasteiger partial charge in [0.15, 0.2) is 0 Å². The molecule has 1 N–H and O–H groups in total. The maximum Gasteiger partial charge on any atom is 0.282 e. The van der Waals surface area contributed by atoms with E-state index in [4.69, 9.17) is 16.3 Å². The van der Waals surface area contributed by atoms with Crippen molar-refractivity contribution in [3.63, 3.8) is 0 Å². The van der Waals surface area contributed by atoms with Gasteiger partial charge < -0.3 is 4.74 Å². The molecule has 1 aliphatic rings. The number of rotatable bonds is 5. The number of anilines is 1. The zero-order chi connectivity index (χ0) is 18.7. The Bertz CT molecular complexity index is 865. The van der Waals surface area contributed by atoms with Crippen LogP contribution in [0, 0.1) is 0 Å². The number of ether oxygens (including phenoxy) is 1. The molecule has 1 saturated heterocycles. The first-order valence-electron chi connectivity index (χ1n) is 8.38. The Morgan fingerprint density at radius 2 is 1.92 bits per heavy atom. The minimum absolute atomic E-state index is 0.00208. The average molecular weight is 371 g/mol. The van der Waals surface area contributed by atoms with Crippen molar-refractivity contribution in [3.05, 3.63) is 64.7 Å². The standard InChI is InChI=1S/C20H19ClN2O3/c1-3-13(2)26-18-10-9-15(21)11-14(18)12-17-19(24)22-23(20(17)25)16-7-5-4-6-8-16/h4-13H,3H2,1-2H3,(H,22,24). The van der Waals surface area contributed by atoms with E-state index in [1.54, 1.807) is 42.5 Å². The topological polar surface area (TPSA) is 58.6 Å². The number of amides is 2. The highest BCUT2D eigenvalue weighted by atomic mass is 35.5. The number of halogens is 1. The molecule has 1 heterocycles. The van der Waals surface area contributed by atoms with Crippen LogP contribution in [0.15, 0.2) is 54.1 Å². The zero-order valence-corrected chi connectivity index (χ0v) is 15.3. The monoisotopic (exact) mass is 370 g/mol. The number of carbonyl (C=O) groups is 2. The molecule has 2 aromatic carbocycles. The van der Waals surface area contributed by atoms with Crippen molar-refractivity contribution in [2.75, 3.05) is 5.01 Å². The second-order valence-electron chi connectivity index (χ2n) is 5.99. The van der Waals surface area contributed by atoms with Gasteiger partial charge in [-0.25, -0.2) is 5.01 Å². The first-order chi connectivity index (χ1) is 12.5. The van der Waals surface area contributed by atoms with E-state index >= 15 is 0 Å². The molecule has 26 heavy (non-hydrogen) atoms. The van der Waals surface area contributed by atoms with E-state index in [0.717, 1.165) is 6.42 Å². The Labute approximate surface area is 157 Å². The minimum atomic E-state index is -0.465. The van der Waals surface area contributed by atoms with Crippen molar-refractivity contribution in [3.8, 4) is 5.75 Å². The largest absolute Gasteiger partial charge is 0.490 e. The van der Waals surface area contributed by atoms with E-state index in [1.807, 2.05) is 19.9 Å². The quantitative estimate of drug-likeness (QED) is 0.639. The number of hydrogen-bond donors (Lipinski definition) is 1. The third kappa shape index (κ3) is 3.73. The predicted molar refractivity (Wildman–Crippen MR) is 102 cm³/mol. The number of nitrogens with one attached hydrogen (secondary N) is 1. The molecule has 0 spiro atoms. The van der Waals surface area contributed by atoms with Crippen molar-refractivity contribution < 1.29 is 14.3 Å². The molecule has 0 saturated carbocycles. The number of hydrogen-bond acceptors (Lipinski definition) is 3. The molecular formula is C20H19ClN2O3. The highest BCUT2D eigenvalue weighted by Crippen LogP contribution is 2.28.